The molecule has 76 valence electrons. The Morgan fingerprint density at radius 1 is 1.50 bits per heavy atom. The lowest BCUT2D eigenvalue weighted by Crippen LogP contribution is -1.99. The van der Waals surface area contributed by atoms with Gasteiger partial charge in [0.25, 0.3) is 0 Å². The van der Waals surface area contributed by atoms with Crippen LogP contribution in [0.25, 0.3) is 0 Å². The number of benzene rings is 1. The van der Waals surface area contributed by atoms with E-state index >= 15 is 0 Å². The largest absolute Gasteiger partial charge is 0.495 e. The highest BCUT2D eigenvalue weighted by atomic mass is 35.5. The Balaban J connectivity index is 2.61. The van der Waals surface area contributed by atoms with Gasteiger partial charge in [-0.05, 0) is 12.1 Å². The van der Waals surface area contributed by atoms with Crippen LogP contribution >= 0.6 is 23.6 Å². The first-order chi connectivity index (χ1) is 6.77. The molecule has 0 radical (unpaired) electrons. The molecule has 0 bridgehead atoms. The van der Waals surface area contributed by atoms with Crippen LogP contribution in [0.2, 0.25) is 0 Å². The second kappa shape index (κ2) is 5.78. The Morgan fingerprint density at radius 3 is 2.86 bits per heavy atom. The zero-order chi connectivity index (χ0) is 10.4. The number of hydrogen-bond donors (Lipinski definition) is 0. The first kappa shape index (κ1) is 11.2. The summed E-state index contributed by atoms with van der Waals surface area (Å²) in [6, 6.07) is 7.26. The number of carbonyl (C=O) groups is 1. The summed E-state index contributed by atoms with van der Waals surface area (Å²) in [5.41, 5.74) is 0. The van der Waals surface area contributed by atoms with Crippen LogP contribution in [0.5, 0.6) is 5.75 Å². The summed E-state index contributed by atoms with van der Waals surface area (Å²) in [6.45, 7) is 0. The van der Waals surface area contributed by atoms with Crippen molar-refractivity contribution in [2.45, 2.75) is 4.90 Å². The van der Waals surface area contributed by atoms with Crippen molar-refractivity contribution in [2.75, 3.05) is 13.0 Å². The van der Waals surface area contributed by atoms with Crippen molar-refractivity contribution < 1.29 is 13.7 Å². The van der Waals surface area contributed by atoms with Crippen molar-refractivity contribution in [3.05, 3.63) is 24.3 Å². The van der Waals surface area contributed by atoms with Gasteiger partial charge in [0.2, 0.25) is 0 Å². The van der Waals surface area contributed by atoms with Gasteiger partial charge < -0.3 is 8.92 Å². The second-order valence-electron chi connectivity index (χ2n) is 2.32. The Bertz CT molecular complexity index is 317. The van der Waals surface area contributed by atoms with Gasteiger partial charge in [-0.2, -0.15) is 0 Å². The molecule has 0 aliphatic rings. The molecule has 14 heavy (non-hydrogen) atoms. The van der Waals surface area contributed by atoms with E-state index in [-0.39, 0.29) is 5.88 Å². The van der Waals surface area contributed by atoms with Crippen LogP contribution in [-0.4, -0.2) is 19.0 Å². The molecule has 0 aliphatic heterocycles. The molecule has 0 saturated heterocycles. The van der Waals surface area contributed by atoms with Gasteiger partial charge in [0.05, 0.1) is 12.0 Å². The third kappa shape index (κ3) is 3.12. The van der Waals surface area contributed by atoms with E-state index in [1.165, 1.54) is 0 Å². The third-order valence-electron chi connectivity index (χ3n) is 1.40. The molecule has 0 atom stereocenters. The van der Waals surface area contributed by atoms with Crippen LogP contribution in [0.3, 0.4) is 0 Å². The predicted octanol–water partition coefficient (Wildman–Crippen LogP) is 2.48. The number of halogens is 1. The zero-order valence-corrected chi connectivity index (χ0v) is 9.10. The van der Waals surface area contributed by atoms with E-state index in [2.05, 4.69) is 0 Å². The fourth-order valence-electron chi connectivity index (χ4n) is 0.801. The predicted molar refractivity (Wildman–Crippen MR) is 55.7 cm³/mol. The number of ether oxygens (including phenoxy) is 1. The summed E-state index contributed by atoms with van der Waals surface area (Å²) in [5.74, 6) is 0.0461. The third-order valence-corrected chi connectivity index (χ3v) is 2.41. The number of hydrogen-bond acceptors (Lipinski definition) is 4. The van der Waals surface area contributed by atoms with Gasteiger partial charge in [0, 0.05) is 0 Å². The van der Waals surface area contributed by atoms with Gasteiger partial charge in [-0.1, -0.05) is 12.1 Å². The summed E-state index contributed by atoms with van der Waals surface area (Å²) < 4.78 is 9.85. The Hall–Kier alpha value is -0.870. The molecule has 0 amide bonds. The highest BCUT2D eigenvalue weighted by Crippen LogP contribution is 2.29. The van der Waals surface area contributed by atoms with Gasteiger partial charge in [0.15, 0.2) is 0 Å². The lowest BCUT2D eigenvalue weighted by Gasteiger charge is -2.05. The van der Waals surface area contributed by atoms with Gasteiger partial charge in [-0.3, -0.25) is 0 Å². The maximum Gasteiger partial charge on any atom is 0.333 e. The van der Waals surface area contributed by atoms with Crippen molar-refractivity contribution in [3.8, 4) is 5.75 Å². The van der Waals surface area contributed by atoms with Crippen molar-refractivity contribution in [1.82, 2.24) is 0 Å². The van der Waals surface area contributed by atoms with Gasteiger partial charge >= 0.3 is 5.97 Å². The summed E-state index contributed by atoms with van der Waals surface area (Å²) in [6.07, 6.45) is 0. The van der Waals surface area contributed by atoms with Crippen molar-refractivity contribution in [3.63, 3.8) is 0 Å². The second-order valence-corrected chi connectivity index (χ2v) is 3.36. The summed E-state index contributed by atoms with van der Waals surface area (Å²) in [4.78, 5) is 11.5. The molecule has 0 spiro atoms. The maximum atomic E-state index is 10.8. The molecule has 0 saturated carbocycles. The summed E-state index contributed by atoms with van der Waals surface area (Å²) in [5, 5.41) is 0. The van der Waals surface area contributed by atoms with Crippen LogP contribution in [0.15, 0.2) is 29.2 Å². The first-order valence-electron chi connectivity index (χ1n) is 3.84. The Morgan fingerprint density at radius 2 is 2.21 bits per heavy atom. The quantitative estimate of drug-likeness (QED) is 0.590. The van der Waals surface area contributed by atoms with Crippen LogP contribution in [0.1, 0.15) is 0 Å². The summed E-state index contributed by atoms with van der Waals surface area (Å²) in [7, 11) is 1.56. The Kier molecular flexibility index (Phi) is 4.62. The molecule has 0 heterocycles. The van der Waals surface area contributed by atoms with Gasteiger partial charge in [-0.15, -0.1) is 11.6 Å². The molecular formula is C9H9ClO3S. The van der Waals surface area contributed by atoms with E-state index in [0.29, 0.717) is 5.75 Å². The number of alkyl halides is 1. The maximum absolute atomic E-state index is 10.8. The monoisotopic (exact) mass is 232 g/mol. The molecule has 0 fully saturated rings. The normalized spacial score (nSPS) is 9.57. The summed E-state index contributed by atoms with van der Waals surface area (Å²) >= 11 is 6.22. The fraction of sp³-hybridized carbons (Fsp3) is 0.222. The minimum absolute atomic E-state index is 0.151. The highest BCUT2D eigenvalue weighted by Gasteiger charge is 2.06. The molecule has 0 N–H and O–H groups in total. The fourth-order valence-corrected chi connectivity index (χ4v) is 1.53. The minimum atomic E-state index is -0.470. The van der Waals surface area contributed by atoms with E-state index in [0.717, 1.165) is 16.9 Å². The SMILES string of the molecule is COc1ccccc1SOC(=O)CCl. The van der Waals surface area contributed by atoms with E-state index in [1.807, 2.05) is 12.1 Å². The average molecular weight is 233 g/mol. The molecule has 5 heteroatoms. The molecule has 1 aromatic carbocycles. The number of rotatable bonds is 4. The molecule has 0 aromatic heterocycles. The number of methoxy groups -OCH3 is 1. The lowest BCUT2D eigenvalue weighted by molar-refractivity contribution is -0.130. The number of carbonyl (C=O) groups excluding carboxylic acids is 1. The van der Waals surface area contributed by atoms with Crippen LogP contribution in [0, 0.1) is 0 Å². The standard InChI is InChI=1S/C9H9ClO3S/c1-12-7-4-2-3-5-8(7)14-13-9(11)6-10/h2-5H,6H2,1H3. The highest BCUT2D eigenvalue weighted by molar-refractivity contribution is 7.95. The molecule has 0 unspecified atom stereocenters. The molecule has 1 rings (SSSR count). The Labute approximate surface area is 91.6 Å². The zero-order valence-electron chi connectivity index (χ0n) is 7.53. The lowest BCUT2D eigenvalue weighted by atomic mass is 10.3. The molecule has 1 aromatic rings. The topological polar surface area (TPSA) is 35.5 Å². The first-order valence-corrected chi connectivity index (χ1v) is 5.12. The van der Waals surface area contributed by atoms with E-state index in [9.17, 15) is 4.79 Å². The molecule has 0 aliphatic carbocycles. The molecule has 3 nitrogen and oxygen atoms in total. The van der Waals surface area contributed by atoms with E-state index in [1.54, 1.807) is 19.2 Å². The van der Waals surface area contributed by atoms with Crippen molar-refractivity contribution >= 4 is 29.6 Å². The molecular weight excluding hydrogens is 224 g/mol. The van der Waals surface area contributed by atoms with Crippen LogP contribution in [-0.2, 0) is 8.98 Å². The van der Waals surface area contributed by atoms with Crippen LogP contribution < -0.4 is 4.74 Å². The van der Waals surface area contributed by atoms with Gasteiger partial charge in [-0.25, -0.2) is 4.79 Å². The van der Waals surface area contributed by atoms with E-state index < -0.39 is 5.97 Å². The van der Waals surface area contributed by atoms with Crippen molar-refractivity contribution in [2.24, 2.45) is 0 Å². The number of para-hydroxylation sites is 1. The van der Waals surface area contributed by atoms with Crippen LogP contribution in [0.4, 0.5) is 0 Å². The van der Waals surface area contributed by atoms with E-state index in [4.69, 9.17) is 20.5 Å². The minimum Gasteiger partial charge on any atom is -0.495 e. The van der Waals surface area contributed by atoms with Crippen molar-refractivity contribution in [1.29, 1.82) is 0 Å². The average Bonchev–Trinajstić information content (AvgIpc) is 2.26. The van der Waals surface area contributed by atoms with Gasteiger partial charge in [0.1, 0.15) is 23.7 Å². The smallest absolute Gasteiger partial charge is 0.333 e.